The first kappa shape index (κ1) is 14.8. The van der Waals surface area contributed by atoms with Crippen LogP contribution in [0, 0.1) is 0 Å². The Morgan fingerprint density at radius 2 is 1.82 bits per heavy atom. The molecule has 1 fully saturated rings. The van der Waals surface area contributed by atoms with Crippen molar-refractivity contribution in [2.75, 3.05) is 6.54 Å². The summed E-state index contributed by atoms with van der Waals surface area (Å²) < 4.78 is 49.2. The van der Waals surface area contributed by atoms with Gasteiger partial charge in [0, 0.05) is 18.6 Å². The quantitative estimate of drug-likeness (QED) is 0.824. The molecule has 0 bridgehead atoms. The van der Waals surface area contributed by atoms with Crippen LogP contribution in [0.1, 0.15) is 39.0 Å². The maximum absolute atomic E-state index is 12.6. The number of halogens is 2. The number of hydrogen-bond donors (Lipinski definition) is 1. The van der Waals surface area contributed by atoms with E-state index in [1.807, 2.05) is 0 Å². The Kier molecular flexibility index (Phi) is 5.27. The zero-order valence-electron chi connectivity index (χ0n) is 9.98. The van der Waals surface area contributed by atoms with E-state index in [1.165, 1.54) is 0 Å². The van der Waals surface area contributed by atoms with Gasteiger partial charge in [-0.1, -0.05) is 6.92 Å². The predicted octanol–water partition coefficient (Wildman–Crippen LogP) is 1.52. The van der Waals surface area contributed by atoms with E-state index in [1.54, 1.807) is 6.92 Å². The van der Waals surface area contributed by atoms with Crippen molar-refractivity contribution in [1.82, 2.24) is 4.31 Å². The summed E-state index contributed by atoms with van der Waals surface area (Å²) in [5.41, 5.74) is 5.72. The maximum Gasteiger partial charge on any atom is 0.350 e. The Hall–Kier alpha value is -0.270. The van der Waals surface area contributed by atoms with Crippen LogP contribution in [0.25, 0.3) is 0 Å². The van der Waals surface area contributed by atoms with Gasteiger partial charge in [-0.2, -0.15) is 13.1 Å². The smallest absolute Gasteiger partial charge is 0.328 e. The van der Waals surface area contributed by atoms with E-state index in [-0.39, 0.29) is 18.6 Å². The van der Waals surface area contributed by atoms with Gasteiger partial charge in [0.05, 0.1) is 0 Å². The minimum absolute atomic E-state index is 0.0731. The van der Waals surface area contributed by atoms with Crippen LogP contribution in [-0.4, -0.2) is 37.1 Å². The molecule has 0 aromatic carbocycles. The van der Waals surface area contributed by atoms with Crippen molar-refractivity contribution in [1.29, 1.82) is 0 Å². The highest BCUT2D eigenvalue weighted by Crippen LogP contribution is 2.26. The van der Waals surface area contributed by atoms with E-state index in [0.717, 1.165) is 4.31 Å². The van der Waals surface area contributed by atoms with Crippen LogP contribution < -0.4 is 5.73 Å². The monoisotopic (exact) mass is 270 g/mol. The highest BCUT2D eigenvalue weighted by Gasteiger charge is 2.37. The average Bonchev–Trinajstić information content (AvgIpc) is 2.27. The molecule has 1 saturated carbocycles. The molecular weight excluding hydrogens is 250 g/mol. The van der Waals surface area contributed by atoms with Crippen LogP contribution in [-0.2, 0) is 10.0 Å². The van der Waals surface area contributed by atoms with Crippen LogP contribution in [0.3, 0.4) is 0 Å². The third-order valence-corrected chi connectivity index (χ3v) is 4.73. The van der Waals surface area contributed by atoms with Crippen molar-refractivity contribution < 1.29 is 17.2 Å². The van der Waals surface area contributed by atoms with Crippen LogP contribution in [0.4, 0.5) is 8.78 Å². The van der Waals surface area contributed by atoms with Gasteiger partial charge >= 0.3 is 5.76 Å². The van der Waals surface area contributed by atoms with Crippen LogP contribution in [0.2, 0.25) is 0 Å². The number of nitrogens with zero attached hydrogens (tertiary/aromatic N) is 1. The van der Waals surface area contributed by atoms with Gasteiger partial charge in [0.15, 0.2) is 0 Å². The van der Waals surface area contributed by atoms with Gasteiger partial charge in [0.1, 0.15) is 0 Å². The minimum Gasteiger partial charge on any atom is -0.328 e. The molecule has 0 spiro atoms. The molecule has 102 valence electrons. The van der Waals surface area contributed by atoms with Crippen molar-refractivity contribution >= 4 is 10.0 Å². The van der Waals surface area contributed by atoms with Crippen LogP contribution >= 0.6 is 0 Å². The molecule has 0 aliphatic heterocycles. The number of alkyl halides is 2. The minimum atomic E-state index is -4.46. The van der Waals surface area contributed by atoms with Gasteiger partial charge in [0.25, 0.3) is 10.0 Å². The van der Waals surface area contributed by atoms with E-state index in [4.69, 9.17) is 5.73 Å². The largest absolute Gasteiger partial charge is 0.350 e. The third kappa shape index (κ3) is 3.59. The predicted molar refractivity (Wildman–Crippen MR) is 62.2 cm³/mol. The number of sulfonamides is 1. The lowest BCUT2D eigenvalue weighted by Gasteiger charge is -2.34. The molecule has 0 heterocycles. The summed E-state index contributed by atoms with van der Waals surface area (Å²) in [7, 11) is -4.46. The third-order valence-electron chi connectivity index (χ3n) is 3.14. The Morgan fingerprint density at radius 3 is 2.24 bits per heavy atom. The van der Waals surface area contributed by atoms with E-state index >= 15 is 0 Å². The zero-order chi connectivity index (χ0) is 13.1. The van der Waals surface area contributed by atoms with Gasteiger partial charge in [-0.05, 0) is 32.1 Å². The van der Waals surface area contributed by atoms with E-state index in [9.17, 15) is 17.2 Å². The summed E-state index contributed by atoms with van der Waals surface area (Å²) in [5.74, 6) is -3.33. The van der Waals surface area contributed by atoms with Crippen molar-refractivity contribution in [2.24, 2.45) is 5.73 Å². The summed E-state index contributed by atoms with van der Waals surface area (Å²) in [6.45, 7) is 1.94. The van der Waals surface area contributed by atoms with Crippen LogP contribution in [0.5, 0.6) is 0 Å². The average molecular weight is 270 g/mol. The molecule has 0 saturated heterocycles. The Morgan fingerprint density at radius 1 is 1.29 bits per heavy atom. The van der Waals surface area contributed by atoms with Gasteiger partial charge in [-0.25, -0.2) is 8.42 Å². The van der Waals surface area contributed by atoms with Gasteiger partial charge in [0.2, 0.25) is 0 Å². The Balaban J connectivity index is 2.79. The van der Waals surface area contributed by atoms with Gasteiger partial charge in [-0.15, -0.1) is 0 Å². The molecule has 0 aromatic heterocycles. The highest BCUT2D eigenvalue weighted by molar-refractivity contribution is 7.89. The summed E-state index contributed by atoms with van der Waals surface area (Å²) in [6.07, 6.45) is 3.09. The SMILES string of the molecule is CCCN(C1CCC(N)CC1)S(=O)(=O)C(F)F. The molecule has 2 N–H and O–H groups in total. The van der Waals surface area contributed by atoms with Crippen molar-refractivity contribution in [2.45, 2.75) is 56.9 Å². The zero-order valence-corrected chi connectivity index (χ0v) is 10.8. The molecule has 1 rings (SSSR count). The number of rotatable bonds is 5. The molecule has 0 aromatic rings. The Labute approximate surface area is 101 Å². The molecule has 0 atom stereocenters. The summed E-state index contributed by atoms with van der Waals surface area (Å²) >= 11 is 0. The molecule has 1 aliphatic carbocycles. The summed E-state index contributed by atoms with van der Waals surface area (Å²) in [6, 6.07) is -0.238. The number of hydrogen-bond acceptors (Lipinski definition) is 3. The van der Waals surface area contributed by atoms with E-state index < -0.39 is 15.8 Å². The lowest BCUT2D eigenvalue weighted by molar-refractivity contribution is 0.190. The topological polar surface area (TPSA) is 63.4 Å². The van der Waals surface area contributed by atoms with E-state index in [2.05, 4.69) is 0 Å². The fraction of sp³-hybridized carbons (Fsp3) is 1.00. The molecule has 7 heteroatoms. The van der Waals surface area contributed by atoms with E-state index in [0.29, 0.717) is 32.1 Å². The second kappa shape index (κ2) is 6.06. The fourth-order valence-corrected chi connectivity index (χ4v) is 3.50. The Bertz CT molecular complexity index is 327. The molecule has 0 radical (unpaired) electrons. The molecule has 0 amide bonds. The number of nitrogens with two attached hydrogens (primary N) is 1. The maximum atomic E-state index is 12.6. The highest BCUT2D eigenvalue weighted by atomic mass is 32.2. The normalized spacial score (nSPS) is 26.7. The lowest BCUT2D eigenvalue weighted by atomic mass is 9.92. The first-order valence-electron chi connectivity index (χ1n) is 5.94. The first-order chi connectivity index (χ1) is 7.89. The van der Waals surface area contributed by atoms with Gasteiger partial charge < -0.3 is 5.73 Å². The van der Waals surface area contributed by atoms with Gasteiger partial charge in [-0.3, -0.25) is 0 Å². The van der Waals surface area contributed by atoms with Crippen molar-refractivity contribution in [3.63, 3.8) is 0 Å². The molecule has 4 nitrogen and oxygen atoms in total. The molecule has 17 heavy (non-hydrogen) atoms. The van der Waals surface area contributed by atoms with Crippen molar-refractivity contribution in [3.8, 4) is 0 Å². The first-order valence-corrected chi connectivity index (χ1v) is 7.44. The standard InChI is InChI=1S/C10H20F2N2O2S/c1-2-7-14(17(15,16)10(11)12)9-5-3-8(13)4-6-9/h8-10H,2-7,13H2,1H3. The lowest BCUT2D eigenvalue weighted by Crippen LogP contribution is -2.46. The molecule has 1 aliphatic rings. The van der Waals surface area contributed by atoms with Crippen LogP contribution in [0.15, 0.2) is 0 Å². The summed E-state index contributed by atoms with van der Waals surface area (Å²) in [5, 5.41) is 0. The fourth-order valence-electron chi connectivity index (χ4n) is 2.23. The van der Waals surface area contributed by atoms with Crippen molar-refractivity contribution in [3.05, 3.63) is 0 Å². The molecular formula is C10H20F2N2O2S. The second-order valence-corrected chi connectivity index (χ2v) is 6.34. The second-order valence-electron chi connectivity index (χ2n) is 4.48. The summed E-state index contributed by atoms with van der Waals surface area (Å²) in [4.78, 5) is 0. The molecule has 0 unspecified atom stereocenters.